The van der Waals surface area contributed by atoms with E-state index in [-0.39, 0.29) is 91.5 Å². The minimum atomic E-state index is -1.53. The quantitative estimate of drug-likeness (QED) is 0.0126. The van der Waals surface area contributed by atoms with Gasteiger partial charge in [-0.05, 0) is 74.9 Å². The average Bonchev–Trinajstić information content (AvgIpc) is 0.782. The maximum absolute atomic E-state index is 15.6. The Morgan fingerprint density at radius 1 is 0.745 bits per heavy atom. The van der Waals surface area contributed by atoms with E-state index in [0.29, 0.717) is 48.1 Å². The number of benzene rings is 2. The predicted octanol–water partition coefficient (Wildman–Crippen LogP) is 9.05. The van der Waals surface area contributed by atoms with Crippen molar-refractivity contribution in [1.82, 2.24) is 10.6 Å². The molecule has 2 aromatic rings. The monoisotopic (exact) mass is 1400 g/mol. The van der Waals surface area contributed by atoms with Gasteiger partial charge in [0, 0.05) is 110 Å². The summed E-state index contributed by atoms with van der Waals surface area (Å²) in [4.78, 5) is 52.2. The van der Waals surface area contributed by atoms with Crippen LogP contribution in [0, 0.1) is 42.4 Å². The molecule has 4 aliphatic rings. The summed E-state index contributed by atoms with van der Waals surface area (Å²) in [6.45, 7) is 37.8. The molecule has 7 N–H and O–H groups in total. The number of amides is 2. The molecule has 2 saturated heterocycles. The zero-order valence-electron chi connectivity index (χ0n) is 63.5. The van der Waals surface area contributed by atoms with Gasteiger partial charge in [0.1, 0.15) is 54.4 Å². The predicted molar refractivity (Wildman–Crippen MR) is 372 cm³/mol. The van der Waals surface area contributed by atoms with Crippen molar-refractivity contribution in [2.24, 2.45) is 28.6 Å². The number of esters is 2. The Hall–Kier alpha value is -5.16. The van der Waals surface area contributed by atoms with Gasteiger partial charge in [0.2, 0.25) is 5.91 Å². The second-order valence-electron chi connectivity index (χ2n) is 28.7. The van der Waals surface area contributed by atoms with Crippen LogP contribution in [0.1, 0.15) is 147 Å². The first kappa shape index (κ1) is 83.5. The van der Waals surface area contributed by atoms with Gasteiger partial charge in [0.25, 0.3) is 5.91 Å². The molecular weight excluding hydrogens is 1290 g/mol. The molecule has 6 rings (SSSR count). The summed E-state index contributed by atoms with van der Waals surface area (Å²) in [5, 5.41) is 59.2. The summed E-state index contributed by atoms with van der Waals surface area (Å²) >= 11 is 0. The maximum Gasteiger partial charge on any atom is 0.338 e. The van der Waals surface area contributed by atoms with E-state index in [1.165, 1.54) is 41.0 Å². The van der Waals surface area contributed by atoms with Crippen LogP contribution >= 0.6 is 0 Å². The first-order chi connectivity index (χ1) is 46.6. The van der Waals surface area contributed by atoms with Crippen molar-refractivity contribution in [2.75, 3.05) is 41.8 Å². The molecular formula is C71H115B2FN2O21Si. The molecule has 0 radical (unpaired) electrons. The van der Waals surface area contributed by atoms with Crippen LogP contribution in [-0.4, -0.2) is 205 Å². The molecule has 0 unspecified atom stereocenters. The Bertz CT molecular complexity index is 3070. The SMILES string of the molecule is C=C(C)C[C@H](OC)[C@H](O)C(=O)N[C@@H](OC)[C@@H]1C[C@H](F)C(C)(C)[C@@H](C[C@H](O)[C@@H](C)[C@H]2Cc3c(C)c(O)cc(O)c3C(=O)O2)O1.CB=O.CB=O.[2H]c1cc([2H])c2c(c1C)C[C@H]([C@H](C)[C@H](C[C@H]1O[C@H]([C@@H](NC(=O)[C@@H](C)[C@H](CC(=C)C)OC)OC)C[C@@H](O)C1(C)C)OCOCC[Si](C)(C)C)OC2=O. The van der Waals surface area contributed by atoms with E-state index >= 15 is 4.39 Å². The molecule has 0 saturated carbocycles. The molecule has 4 aliphatic heterocycles. The molecule has 0 aromatic heterocycles. The summed E-state index contributed by atoms with van der Waals surface area (Å²) in [5.74, 6) is -4.38. The number of methoxy groups -OCH3 is 4. The molecule has 2 aromatic carbocycles. The number of nitrogens with one attached hydrogen (secondary N) is 2. The Kier molecular flexibility index (Phi) is 34.0. The molecule has 23 nitrogen and oxygen atoms in total. The van der Waals surface area contributed by atoms with Crippen molar-refractivity contribution in [3.63, 3.8) is 0 Å². The van der Waals surface area contributed by atoms with E-state index in [9.17, 15) is 44.7 Å². The molecule has 27 heteroatoms. The molecule has 4 heterocycles. The van der Waals surface area contributed by atoms with Crippen molar-refractivity contribution in [3.8, 4) is 11.5 Å². The van der Waals surface area contributed by atoms with Gasteiger partial charge in [-0.3, -0.25) is 9.59 Å². The van der Waals surface area contributed by atoms with Crippen molar-refractivity contribution < 1.29 is 109 Å². The summed E-state index contributed by atoms with van der Waals surface area (Å²) in [6, 6.07) is 3.64. The maximum atomic E-state index is 15.6. The number of rotatable bonds is 30. The van der Waals surface area contributed by atoms with E-state index in [1.807, 2.05) is 27.7 Å². The van der Waals surface area contributed by atoms with Crippen LogP contribution in [0.3, 0.4) is 0 Å². The van der Waals surface area contributed by atoms with Crippen LogP contribution in [-0.2, 0) is 79.2 Å². The fourth-order valence-corrected chi connectivity index (χ4v) is 13.0. The number of hydrogen-bond donors (Lipinski definition) is 7. The fourth-order valence-electron chi connectivity index (χ4n) is 12.3. The third-order valence-corrected chi connectivity index (χ3v) is 20.9. The van der Waals surface area contributed by atoms with Gasteiger partial charge in [-0.15, -0.1) is 13.2 Å². The van der Waals surface area contributed by atoms with E-state index in [4.69, 9.17) is 59.5 Å². The largest absolute Gasteiger partial charge is 0.458 e. The molecule has 98 heavy (non-hydrogen) atoms. The Morgan fingerprint density at radius 2 is 1.26 bits per heavy atom. The minimum absolute atomic E-state index is 0.0117. The summed E-state index contributed by atoms with van der Waals surface area (Å²) in [6.07, 6.45) is -11.1. The number of carbonyl (C=O) groups is 4. The van der Waals surface area contributed by atoms with E-state index in [0.717, 1.165) is 37.6 Å². The number of cyclic esters (lactones) is 2. The van der Waals surface area contributed by atoms with Crippen molar-refractivity contribution in [2.45, 2.75) is 259 Å². The average molecular weight is 1400 g/mol. The summed E-state index contributed by atoms with van der Waals surface area (Å²) in [7, 11) is 5.94. The van der Waals surface area contributed by atoms with Gasteiger partial charge in [0.15, 0.2) is 18.6 Å². The Labute approximate surface area is 585 Å². The number of phenols is 2. The van der Waals surface area contributed by atoms with Crippen LogP contribution in [0.2, 0.25) is 39.3 Å². The van der Waals surface area contributed by atoms with Gasteiger partial charge >= 0.3 is 49.3 Å². The number of carbonyl (C=O) groups excluding carboxylic acids is 4. The Balaban J connectivity index is 0.000000488. The normalized spacial score (nSPS) is 24.9. The molecule has 0 spiro atoms. The zero-order chi connectivity index (χ0) is 76.2. The molecule has 2 fully saturated rings. The molecule has 552 valence electrons. The number of ether oxygens (including phenoxy) is 10. The van der Waals surface area contributed by atoms with Gasteiger partial charge in [-0.25, -0.2) is 14.0 Å². The van der Waals surface area contributed by atoms with Crippen LogP contribution in [0.25, 0.3) is 0 Å². The van der Waals surface area contributed by atoms with Gasteiger partial charge in [-0.1, -0.05) is 91.4 Å². The molecule has 0 aliphatic carbocycles. The summed E-state index contributed by atoms with van der Waals surface area (Å²) in [5.41, 5.74) is 2.28. The van der Waals surface area contributed by atoms with Gasteiger partial charge < -0.3 is 83.5 Å². The first-order valence-electron chi connectivity index (χ1n) is 34.6. The van der Waals surface area contributed by atoms with Crippen LogP contribution in [0.15, 0.2) is 48.5 Å². The number of aromatic hydroxyl groups is 2. The topological polar surface area (TPSA) is 320 Å². The number of phenolic OH excluding ortho intramolecular Hbond substituents is 2. The number of alkyl halides is 1. The van der Waals surface area contributed by atoms with Crippen molar-refractivity contribution in [3.05, 3.63) is 81.9 Å². The zero-order valence-corrected chi connectivity index (χ0v) is 62.5. The van der Waals surface area contributed by atoms with Gasteiger partial charge in [0.05, 0.1) is 57.0 Å². The molecule has 18 atom stereocenters. The standard InChI is InChI=1S/C38H63NO9Si.C31H46FNO10.2CH3BO/c1-23(2)18-29(43-8)26(5)35(41)39-36(44-9)32-20-33(40)38(6,7)34(47-32)21-30(46-22-45-16-17-49(10,11)12)25(4)31-19-28-24(3)14-13-15-27(28)37(42)48-31;1-14(2)9-22(40-7)27(37)28(38)33-29(41-8)23-13-24(32)31(5,6)25(42-23)12-19(35)16(4)21-10-17-15(3)18(34)11-20(36)26(17)30(39)43-21;2*1-2-3/h13-15,25-26,29-34,36,40H,1,16-22H2,2-12H3,(H,39,41);11,16,19,21-25,27,29,34-37H,1,9-10,12-13H2,2-8H3,(H,33,38);2*1H3/t25-,26+,29+,30+,31-,32+,33-,34-,36+;16-,19+,21-,22+,23+,24+,25-,27+,29+;;/m11../s1/i14D,15D;;;. The van der Waals surface area contributed by atoms with Crippen LogP contribution in [0.5, 0.6) is 11.5 Å². The van der Waals surface area contributed by atoms with Crippen LogP contribution < -0.4 is 10.6 Å². The Morgan fingerprint density at radius 3 is 1.80 bits per heavy atom. The third kappa shape index (κ3) is 24.3. The molecule has 0 bridgehead atoms. The summed E-state index contributed by atoms with van der Waals surface area (Å²) < 4.78 is 109. The number of fused-ring (bicyclic) bond motifs is 2. The number of halogens is 1. The second-order valence-corrected chi connectivity index (χ2v) is 34.4. The van der Waals surface area contributed by atoms with E-state index in [2.05, 4.69) is 43.4 Å². The van der Waals surface area contributed by atoms with Crippen molar-refractivity contribution in [1.29, 1.82) is 0 Å². The first-order valence-corrected chi connectivity index (χ1v) is 37.3. The second kappa shape index (κ2) is 39.9. The number of hydrogen-bond acceptors (Lipinski definition) is 21. The number of aliphatic hydroxyl groups is 3. The van der Waals surface area contributed by atoms with E-state index < -0.39 is 134 Å². The smallest absolute Gasteiger partial charge is 0.338 e. The number of aliphatic hydroxyl groups excluding tert-OH is 3. The third-order valence-electron chi connectivity index (χ3n) is 19.2. The van der Waals surface area contributed by atoms with Gasteiger partial charge in [-0.2, -0.15) is 0 Å². The molecule has 2 amide bonds. The van der Waals surface area contributed by atoms with E-state index in [1.54, 1.807) is 55.6 Å². The minimum Gasteiger partial charge on any atom is -0.458 e. The van der Waals surface area contributed by atoms with Crippen molar-refractivity contribution >= 4 is 46.1 Å². The van der Waals surface area contributed by atoms with Crippen LogP contribution in [0.4, 0.5) is 4.39 Å². The fraction of sp³-hybridized carbons (Fsp3) is 0.718.